The topological polar surface area (TPSA) is 48.3 Å². The van der Waals surface area contributed by atoms with Gasteiger partial charge in [0.1, 0.15) is 0 Å². The zero-order valence-corrected chi connectivity index (χ0v) is 12.1. The Morgan fingerprint density at radius 2 is 2.20 bits per heavy atom. The van der Waals surface area contributed by atoms with E-state index >= 15 is 0 Å². The highest BCUT2D eigenvalue weighted by molar-refractivity contribution is 5.32. The van der Waals surface area contributed by atoms with E-state index in [0.717, 1.165) is 38.3 Å². The van der Waals surface area contributed by atoms with E-state index in [1.807, 2.05) is 18.2 Å². The summed E-state index contributed by atoms with van der Waals surface area (Å²) < 4.78 is 5.11. The van der Waals surface area contributed by atoms with E-state index in [1.165, 1.54) is 18.4 Å². The number of ether oxygens (including phenoxy) is 1. The van der Waals surface area contributed by atoms with Gasteiger partial charge in [-0.05, 0) is 43.6 Å². The Balaban J connectivity index is 1.72. The Hall–Kier alpha value is -1.41. The van der Waals surface area contributed by atoms with Gasteiger partial charge in [0, 0.05) is 26.2 Å². The quantitative estimate of drug-likeness (QED) is 0.858. The summed E-state index contributed by atoms with van der Waals surface area (Å²) in [5.41, 5.74) is 1.92. The second-order valence-electron chi connectivity index (χ2n) is 5.30. The highest BCUT2D eigenvalue weighted by Crippen LogP contribution is 2.11. The fraction of sp³-hybridized carbons (Fsp3) is 0.562. The van der Waals surface area contributed by atoms with E-state index in [1.54, 1.807) is 7.11 Å². The summed E-state index contributed by atoms with van der Waals surface area (Å²) in [6.45, 7) is 4.98. The largest absolute Gasteiger partial charge is 0.383 e. The molecule has 0 radical (unpaired) electrons. The molecule has 1 aromatic carbocycles. The Kier molecular flexibility index (Phi) is 6.00. The molecule has 0 spiro atoms. The third-order valence-electron chi connectivity index (χ3n) is 3.85. The minimum atomic E-state index is 0.583. The summed E-state index contributed by atoms with van der Waals surface area (Å²) in [6, 6.07) is 10.6. The van der Waals surface area contributed by atoms with Crippen molar-refractivity contribution in [3.63, 3.8) is 0 Å². The standard InChI is InChI=1S/C16H23N3O/c1-20-10-9-19-7-5-16(6-8-19)18-13-15-4-2-3-14(11-15)12-17/h2-4,11,16,18H,5-10,13H2,1H3. The van der Waals surface area contributed by atoms with Crippen LogP contribution in [0.25, 0.3) is 0 Å². The molecule has 0 aromatic heterocycles. The maximum Gasteiger partial charge on any atom is 0.0991 e. The molecule has 0 saturated carbocycles. The number of hydrogen-bond donors (Lipinski definition) is 1. The second-order valence-corrected chi connectivity index (χ2v) is 5.30. The van der Waals surface area contributed by atoms with Crippen molar-refractivity contribution < 1.29 is 4.74 Å². The van der Waals surface area contributed by atoms with Crippen LogP contribution in [-0.4, -0.2) is 44.3 Å². The molecule has 4 nitrogen and oxygen atoms in total. The highest BCUT2D eigenvalue weighted by Gasteiger charge is 2.18. The van der Waals surface area contributed by atoms with Gasteiger partial charge < -0.3 is 15.0 Å². The molecule has 1 heterocycles. The minimum absolute atomic E-state index is 0.583. The molecule has 1 saturated heterocycles. The van der Waals surface area contributed by atoms with Gasteiger partial charge in [0.2, 0.25) is 0 Å². The smallest absolute Gasteiger partial charge is 0.0991 e. The van der Waals surface area contributed by atoms with Gasteiger partial charge in [0.15, 0.2) is 0 Å². The number of rotatable bonds is 6. The minimum Gasteiger partial charge on any atom is -0.383 e. The summed E-state index contributed by atoms with van der Waals surface area (Å²) in [7, 11) is 1.75. The van der Waals surface area contributed by atoms with Crippen LogP contribution in [-0.2, 0) is 11.3 Å². The van der Waals surface area contributed by atoms with Crippen LogP contribution >= 0.6 is 0 Å². The first kappa shape index (κ1) is 15.0. The zero-order chi connectivity index (χ0) is 14.2. The molecule has 20 heavy (non-hydrogen) atoms. The number of nitriles is 1. The number of piperidine rings is 1. The van der Waals surface area contributed by atoms with Crippen LogP contribution in [0.15, 0.2) is 24.3 Å². The van der Waals surface area contributed by atoms with Crippen molar-refractivity contribution in [2.45, 2.75) is 25.4 Å². The third kappa shape index (κ3) is 4.61. The van der Waals surface area contributed by atoms with Crippen LogP contribution in [0.5, 0.6) is 0 Å². The van der Waals surface area contributed by atoms with Crippen LogP contribution in [0.4, 0.5) is 0 Å². The van der Waals surface area contributed by atoms with Crippen molar-refractivity contribution in [1.29, 1.82) is 5.26 Å². The molecule has 1 aliphatic rings. The molecule has 0 bridgehead atoms. The van der Waals surface area contributed by atoms with E-state index in [4.69, 9.17) is 10.00 Å². The van der Waals surface area contributed by atoms with E-state index < -0.39 is 0 Å². The number of methoxy groups -OCH3 is 1. The highest BCUT2D eigenvalue weighted by atomic mass is 16.5. The van der Waals surface area contributed by atoms with Crippen molar-refractivity contribution in [3.8, 4) is 6.07 Å². The summed E-state index contributed by atoms with van der Waals surface area (Å²) >= 11 is 0. The van der Waals surface area contributed by atoms with Gasteiger partial charge in [0.25, 0.3) is 0 Å². The van der Waals surface area contributed by atoms with Crippen LogP contribution < -0.4 is 5.32 Å². The van der Waals surface area contributed by atoms with Gasteiger partial charge in [-0.15, -0.1) is 0 Å². The third-order valence-corrected chi connectivity index (χ3v) is 3.85. The van der Waals surface area contributed by atoms with Gasteiger partial charge in [-0.25, -0.2) is 0 Å². The van der Waals surface area contributed by atoms with Gasteiger partial charge in [-0.3, -0.25) is 0 Å². The molecule has 4 heteroatoms. The van der Waals surface area contributed by atoms with Crippen molar-refractivity contribution in [2.24, 2.45) is 0 Å². The van der Waals surface area contributed by atoms with Crippen molar-refractivity contribution in [2.75, 3.05) is 33.4 Å². The maximum absolute atomic E-state index is 8.89. The van der Waals surface area contributed by atoms with Gasteiger partial charge in [-0.2, -0.15) is 5.26 Å². The molecule has 1 N–H and O–H groups in total. The zero-order valence-electron chi connectivity index (χ0n) is 12.1. The SMILES string of the molecule is COCCN1CCC(NCc2cccc(C#N)c2)CC1. The van der Waals surface area contributed by atoms with E-state index in [0.29, 0.717) is 6.04 Å². The second kappa shape index (κ2) is 8.01. The monoisotopic (exact) mass is 273 g/mol. The lowest BCUT2D eigenvalue weighted by Crippen LogP contribution is -2.43. The average molecular weight is 273 g/mol. The number of nitrogens with one attached hydrogen (secondary N) is 1. The lowest BCUT2D eigenvalue weighted by Gasteiger charge is -2.32. The Morgan fingerprint density at radius 1 is 1.40 bits per heavy atom. The molecule has 1 aliphatic heterocycles. The van der Waals surface area contributed by atoms with Crippen LogP contribution in [0.3, 0.4) is 0 Å². The van der Waals surface area contributed by atoms with Crippen molar-refractivity contribution in [1.82, 2.24) is 10.2 Å². The van der Waals surface area contributed by atoms with Crippen LogP contribution in [0.1, 0.15) is 24.0 Å². The molecule has 0 amide bonds. The molecule has 1 fully saturated rings. The van der Waals surface area contributed by atoms with Crippen LogP contribution in [0, 0.1) is 11.3 Å². The molecule has 0 atom stereocenters. The number of hydrogen-bond acceptors (Lipinski definition) is 4. The van der Waals surface area contributed by atoms with E-state index in [2.05, 4.69) is 22.4 Å². The van der Waals surface area contributed by atoms with Gasteiger partial charge >= 0.3 is 0 Å². The molecular formula is C16H23N3O. The summed E-state index contributed by atoms with van der Waals surface area (Å²) in [4.78, 5) is 2.46. The molecule has 0 aliphatic carbocycles. The summed E-state index contributed by atoms with van der Waals surface area (Å²) in [5, 5.41) is 12.5. The van der Waals surface area contributed by atoms with Crippen molar-refractivity contribution in [3.05, 3.63) is 35.4 Å². The van der Waals surface area contributed by atoms with E-state index in [-0.39, 0.29) is 0 Å². The van der Waals surface area contributed by atoms with Gasteiger partial charge in [-0.1, -0.05) is 12.1 Å². The predicted molar refractivity (Wildman–Crippen MR) is 79.3 cm³/mol. The predicted octanol–water partition coefficient (Wildman–Crippen LogP) is 1.76. The first-order valence-corrected chi connectivity index (χ1v) is 7.25. The molecular weight excluding hydrogens is 250 g/mol. The van der Waals surface area contributed by atoms with Crippen LogP contribution in [0.2, 0.25) is 0 Å². The lowest BCUT2D eigenvalue weighted by atomic mass is 10.0. The van der Waals surface area contributed by atoms with Gasteiger partial charge in [0.05, 0.1) is 18.2 Å². The molecule has 108 valence electrons. The number of likely N-dealkylation sites (tertiary alicyclic amines) is 1. The number of nitrogens with zero attached hydrogens (tertiary/aromatic N) is 2. The van der Waals surface area contributed by atoms with Crippen molar-refractivity contribution >= 4 is 0 Å². The fourth-order valence-corrected chi connectivity index (χ4v) is 2.59. The van der Waals surface area contributed by atoms with E-state index in [9.17, 15) is 0 Å². The molecule has 2 rings (SSSR count). The normalized spacial score (nSPS) is 17.0. The molecule has 0 unspecified atom stereocenters. The maximum atomic E-state index is 8.89. The Labute approximate surface area is 121 Å². The Morgan fingerprint density at radius 3 is 2.90 bits per heavy atom. The summed E-state index contributed by atoms with van der Waals surface area (Å²) in [6.07, 6.45) is 2.36. The lowest BCUT2D eigenvalue weighted by molar-refractivity contribution is 0.126. The molecule has 1 aromatic rings. The average Bonchev–Trinajstić information content (AvgIpc) is 2.52. The fourth-order valence-electron chi connectivity index (χ4n) is 2.59. The summed E-state index contributed by atoms with van der Waals surface area (Å²) in [5.74, 6) is 0. The first-order valence-electron chi connectivity index (χ1n) is 7.25. The Bertz CT molecular complexity index is 447. The number of benzene rings is 1. The first-order chi connectivity index (χ1) is 9.81.